The van der Waals surface area contributed by atoms with E-state index in [1.807, 2.05) is 43.3 Å². The SMILES string of the molecule is CC(NC(=O)Cc1cccc(F)c1)c1ccc(OCc2cccnc2)cc1. The molecular weight excluding hydrogens is 343 g/mol. The maximum atomic E-state index is 13.2. The molecule has 1 atom stereocenters. The molecule has 1 unspecified atom stereocenters. The molecule has 5 heteroatoms. The highest BCUT2D eigenvalue weighted by atomic mass is 19.1. The lowest BCUT2D eigenvalue weighted by Crippen LogP contribution is -2.28. The van der Waals surface area contributed by atoms with Crippen molar-refractivity contribution in [2.45, 2.75) is 26.0 Å². The van der Waals surface area contributed by atoms with Crippen LogP contribution >= 0.6 is 0 Å². The fourth-order valence-electron chi connectivity index (χ4n) is 2.71. The van der Waals surface area contributed by atoms with E-state index in [1.165, 1.54) is 12.1 Å². The molecule has 3 rings (SSSR count). The molecule has 1 amide bonds. The smallest absolute Gasteiger partial charge is 0.224 e. The molecule has 0 spiro atoms. The molecule has 0 aliphatic heterocycles. The number of nitrogens with zero attached hydrogens (tertiary/aromatic N) is 1. The van der Waals surface area contributed by atoms with Crippen molar-refractivity contribution in [1.82, 2.24) is 10.3 Å². The summed E-state index contributed by atoms with van der Waals surface area (Å²) < 4.78 is 18.9. The van der Waals surface area contributed by atoms with Crippen LogP contribution in [0.15, 0.2) is 73.1 Å². The zero-order valence-electron chi connectivity index (χ0n) is 15.1. The van der Waals surface area contributed by atoms with Gasteiger partial charge in [0.05, 0.1) is 12.5 Å². The Bertz CT molecular complexity index is 882. The number of rotatable bonds is 7. The molecule has 1 aromatic heterocycles. The molecule has 0 aliphatic carbocycles. The second-order valence-corrected chi connectivity index (χ2v) is 6.31. The van der Waals surface area contributed by atoms with E-state index < -0.39 is 0 Å². The number of benzene rings is 2. The van der Waals surface area contributed by atoms with Crippen molar-refractivity contribution in [1.29, 1.82) is 0 Å². The van der Waals surface area contributed by atoms with Gasteiger partial charge in [-0.3, -0.25) is 9.78 Å². The molecule has 4 nitrogen and oxygen atoms in total. The molecule has 0 fully saturated rings. The quantitative estimate of drug-likeness (QED) is 0.683. The Morgan fingerprint density at radius 2 is 1.89 bits per heavy atom. The average molecular weight is 364 g/mol. The summed E-state index contributed by atoms with van der Waals surface area (Å²) in [6.07, 6.45) is 3.64. The van der Waals surface area contributed by atoms with E-state index in [4.69, 9.17) is 4.74 Å². The van der Waals surface area contributed by atoms with Crippen molar-refractivity contribution < 1.29 is 13.9 Å². The number of hydrogen-bond donors (Lipinski definition) is 1. The van der Waals surface area contributed by atoms with Crippen LogP contribution in [-0.4, -0.2) is 10.9 Å². The van der Waals surface area contributed by atoms with Crippen molar-refractivity contribution in [3.8, 4) is 5.75 Å². The number of nitrogens with one attached hydrogen (secondary N) is 1. The number of carbonyl (C=O) groups excluding carboxylic acids is 1. The third-order valence-corrected chi connectivity index (χ3v) is 4.14. The van der Waals surface area contributed by atoms with Gasteiger partial charge in [-0.1, -0.05) is 30.3 Å². The molecule has 1 heterocycles. The normalized spacial score (nSPS) is 11.6. The second kappa shape index (κ2) is 8.94. The van der Waals surface area contributed by atoms with Gasteiger partial charge < -0.3 is 10.1 Å². The van der Waals surface area contributed by atoms with Crippen LogP contribution in [0.2, 0.25) is 0 Å². The Morgan fingerprint density at radius 1 is 1.11 bits per heavy atom. The maximum absolute atomic E-state index is 13.2. The van der Waals surface area contributed by atoms with Gasteiger partial charge in [0.15, 0.2) is 0 Å². The third kappa shape index (κ3) is 5.64. The van der Waals surface area contributed by atoms with Crippen LogP contribution < -0.4 is 10.1 Å². The van der Waals surface area contributed by atoms with Crippen molar-refractivity contribution in [3.63, 3.8) is 0 Å². The van der Waals surface area contributed by atoms with Crippen molar-refractivity contribution >= 4 is 5.91 Å². The topological polar surface area (TPSA) is 51.2 Å². The van der Waals surface area contributed by atoms with Gasteiger partial charge in [0.25, 0.3) is 0 Å². The van der Waals surface area contributed by atoms with E-state index in [-0.39, 0.29) is 24.2 Å². The Hall–Kier alpha value is -3.21. The van der Waals surface area contributed by atoms with Crippen molar-refractivity contribution in [2.75, 3.05) is 0 Å². The van der Waals surface area contributed by atoms with Crippen LogP contribution in [0.25, 0.3) is 0 Å². The molecule has 0 aliphatic rings. The summed E-state index contributed by atoms with van der Waals surface area (Å²) in [6.45, 7) is 2.36. The molecule has 3 aromatic rings. The van der Waals surface area contributed by atoms with Crippen LogP contribution in [0.5, 0.6) is 5.75 Å². The Kier molecular flexibility index (Phi) is 6.15. The number of carbonyl (C=O) groups is 1. The van der Waals surface area contributed by atoms with E-state index >= 15 is 0 Å². The van der Waals surface area contributed by atoms with Gasteiger partial charge in [-0.25, -0.2) is 4.39 Å². The molecule has 0 bridgehead atoms. The van der Waals surface area contributed by atoms with Gasteiger partial charge in [-0.15, -0.1) is 0 Å². The first-order chi connectivity index (χ1) is 13.1. The molecule has 0 saturated carbocycles. The summed E-state index contributed by atoms with van der Waals surface area (Å²) in [7, 11) is 0. The number of ether oxygens (including phenoxy) is 1. The first kappa shape index (κ1) is 18.6. The molecule has 1 N–H and O–H groups in total. The fourth-order valence-corrected chi connectivity index (χ4v) is 2.71. The summed E-state index contributed by atoms with van der Waals surface area (Å²) in [6, 6.07) is 17.3. The van der Waals surface area contributed by atoms with Gasteiger partial charge in [-0.2, -0.15) is 0 Å². The van der Waals surface area contributed by atoms with Gasteiger partial charge in [0.1, 0.15) is 18.2 Å². The molecule has 138 valence electrons. The van der Waals surface area contributed by atoms with Crippen LogP contribution in [0.1, 0.15) is 29.7 Å². The summed E-state index contributed by atoms with van der Waals surface area (Å²) in [5, 5.41) is 2.93. The third-order valence-electron chi connectivity index (χ3n) is 4.14. The highest BCUT2D eigenvalue weighted by molar-refractivity contribution is 5.79. The Labute approximate surface area is 158 Å². The molecule has 27 heavy (non-hydrogen) atoms. The van der Waals surface area contributed by atoms with Crippen molar-refractivity contribution in [2.24, 2.45) is 0 Å². The van der Waals surface area contributed by atoms with Gasteiger partial charge >= 0.3 is 0 Å². The second-order valence-electron chi connectivity index (χ2n) is 6.31. The zero-order valence-corrected chi connectivity index (χ0v) is 15.1. The van der Waals surface area contributed by atoms with E-state index in [0.29, 0.717) is 12.2 Å². The average Bonchev–Trinajstić information content (AvgIpc) is 2.67. The predicted octanol–water partition coefficient (Wildman–Crippen LogP) is 4.22. The van der Waals surface area contributed by atoms with Crippen molar-refractivity contribution in [3.05, 3.63) is 95.6 Å². The summed E-state index contributed by atoms with van der Waals surface area (Å²) in [5.74, 6) is 0.265. The van der Waals surface area contributed by atoms with Crippen LogP contribution in [0.4, 0.5) is 4.39 Å². The Morgan fingerprint density at radius 3 is 2.59 bits per heavy atom. The number of amides is 1. The van der Waals surface area contributed by atoms with Gasteiger partial charge in [0.2, 0.25) is 5.91 Å². The fraction of sp³-hybridized carbons (Fsp3) is 0.182. The van der Waals surface area contributed by atoms with Crippen LogP contribution in [-0.2, 0) is 17.8 Å². The van der Waals surface area contributed by atoms with E-state index in [0.717, 1.165) is 16.9 Å². The first-order valence-electron chi connectivity index (χ1n) is 8.75. The Balaban J connectivity index is 1.52. The number of halogens is 1. The molecular formula is C22H21FN2O2. The van der Waals surface area contributed by atoms with E-state index in [9.17, 15) is 9.18 Å². The van der Waals surface area contributed by atoms with Gasteiger partial charge in [0, 0.05) is 18.0 Å². The van der Waals surface area contributed by atoms with Crippen LogP contribution in [0.3, 0.4) is 0 Å². The minimum Gasteiger partial charge on any atom is -0.489 e. The minimum atomic E-state index is -0.338. The monoisotopic (exact) mass is 364 g/mol. The van der Waals surface area contributed by atoms with Crippen LogP contribution in [0, 0.1) is 5.82 Å². The maximum Gasteiger partial charge on any atom is 0.224 e. The predicted molar refractivity (Wildman–Crippen MR) is 102 cm³/mol. The lowest BCUT2D eigenvalue weighted by Gasteiger charge is -2.15. The first-order valence-corrected chi connectivity index (χ1v) is 8.75. The zero-order chi connectivity index (χ0) is 19.1. The molecule has 0 saturated heterocycles. The largest absolute Gasteiger partial charge is 0.489 e. The number of aromatic nitrogens is 1. The van der Waals surface area contributed by atoms with E-state index in [1.54, 1.807) is 24.5 Å². The lowest BCUT2D eigenvalue weighted by atomic mass is 10.1. The highest BCUT2D eigenvalue weighted by Gasteiger charge is 2.11. The lowest BCUT2D eigenvalue weighted by molar-refractivity contribution is -0.121. The highest BCUT2D eigenvalue weighted by Crippen LogP contribution is 2.19. The summed E-state index contributed by atoms with van der Waals surface area (Å²) in [4.78, 5) is 16.2. The summed E-state index contributed by atoms with van der Waals surface area (Å²) >= 11 is 0. The molecule has 0 radical (unpaired) electrons. The molecule has 2 aromatic carbocycles. The standard InChI is InChI=1S/C22H21FN2O2/c1-16(25-22(26)13-17-4-2-6-20(23)12-17)19-7-9-21(10-8-19)27-15-18-5-3-11-24-14-18/h2-12,14,16H,13,15H2,1H3,(H,25,26). The minimum absolute atomic E-state index is 0.147. The number of hydrogen-bond acceptors (Lipinski definition) is 3. The summed E-state index contributed by atoms with van der Waals surface area (Å²) in [5.41, 5.74) is 2.62. The van der Waals surface area contributed by atoms with E-state index in [2.05, 4.69) is 10.3 Å². The van der Waals surface area contributed by atoms with Gasteiger partial charge in [-0.05, 0) is 48.4 Å². The number of pyridine rings is 1.